The Morgan fingerprint density at radius 1 is 0.944 bits per heavy atom. The van der Waals surface area contributed by atoms with Crippen LogP contribution in [-0.4, -0.2) is 41.7 Å². The van der Waals surface area contributed by atoms with Gasteiger partial charge in [0.2, 0.25) is 5.91 Å². The zero-order valence-electron chi connectivity index (χ0n) is 18.9. The van der Waals surface area contributed by atoms with E-state index in [0.29, 0.717) is 11.3 Å². The number of nitrogens with zero attached hydrogens (tertiary/aromatic N) is 2. The number of ether oxygens (including phenoxy) is 2. The average molecular weight is 488 g/mol. The van der Waals surface area contributed by atoms with Crippen LogP contribution >= 0.6 is 0 Å². The summed E-state index contributed by atoms with van der Waals surface area (Å²) in [5, 5.41) is 11.0. The maximum atomic E-state index is 12.5. The summed E-state index contributed by atoms with van der Waals surface area (Å²) in [5.41, 5.74) is 0.786. The second-order valence-corrected chi connectivity index (χ2v) is 7.99. The average Bonchev–Trinajstić information content (AvgIpc) is 3.29. The minimum absolute atomic E-state index is 0.00545. The van der Waals surface area contributed by atoms with Crippen molar-refractivity contribution in [1.82, 2.24) is 0 Å². The van der Waals surface area contributed by atoms with Crippen LogP contribution in [0.2, 0.25) is 0 Å². The summed E-state index contributed by atoms with van der Waals surface area (Å²) in [6.45, 7) is -0.530. The van der Waals surface area contributed by atoms with Gasteiger partial charge in [0.05, 0.1) is 22.1 Å². The van der Waals surface area contributed by atoms with Crippen LogP contribution in [0.3, 0.4) is 0 Å². The number of carbonyl (C=O) groups is 4. The molecule has 182 valence electrons. The highest BCUT2D eigenvalue weighted by Gasteiger charge is 2.36. The van der Waals surface area contributed by atoms with Crippen molar-refractivity contribution in [3.8, 4) is 5.75 Å². The van der Waals surface area contributed by atoms with Crippen molar-refractivity contribution in [1.29, 1.82) is 0 Å². The molecule has 0 unspecified atom stereocenters. The van der Waals surface area contributed by atoms with Crippen molar-refractivity contribution >= 4 is 35.0 Å². The lowest BCUT2D eigenvalue weighted by molar-refractivity contribution is -0.384. The minimum Gasteiger partial charge on any atom is -0.457 e. The molecule has 10 nitrogen and oxygen atoms in total. The number of anilines is 1. The van der Waals surface area contributed by atoms with Crippen molar-refractivity contribution in [2.45, 2.75) is 6.42 Å². The van der Waals surface area contributed by atoms with E-state index in [4.69, 9.17) is 9.47 Å². The van der Waals surface area contributed by atoms with Crippen LogP contribution in [0.1, 0.15) is 27.1 Å². The Morgan fingerprint density at radius 2 is 1.67 bits per heavy atom. The number of ketones is 1. The summed E-state index contributed by atoms with van der Waals surface area (Å²) in [6, 6.07) is 19.8. The van der Waals surface area contributed by atoms with E-state index in [1.54, 1.807) is 36.4 Å². The normalized spacial score (nSPS) is 14.8. The molecule has 0 bridgehead atoms. The third-order valence-corrected chi connectivity index (χ3v) is 5.55. The van der Waals surface area contributed by atoms with Crippen LogP contribution < -0.4 is 9.64 Å². The Kier molecular flexibility index (Phi) is 7.15. The molecule has 0 N–H and O–H groups in total. The molecular weight excluding hydrogens is 468 g/mol. The SMILES string of the molecule is O=C(COC(=O)[C@@H]1CC(=O)N(c2cccc([N+](=O)[O-])c2)C1)c1ccc(OC(=O)c2ccccc2)cc1. The first-order chi connectivity index (χ1) is 17.3. The summed E-state index contributed by atoms with van der Waals surface area (Å²) in [7, 11) is 0. The predicted molar refractivity (Wildman–Crippen MR) is 127 cm³/mol. The molecule has 0 radical (unpaired) electrons. The molecule has 1 heterocycles. The minimum atomic E-state index is -0.802. The van der Waals surface area contributed by atoms with Crippen molar-refractivity contribution in [2.75, 3.05) is 18.1 Å². The van der Waals surface area contributed by atoms with Crippen molar-refractivity contribution in [3.05, 3.63) is 100 Å². The Morgan fingerprint density at radius 3 is 2.36 bits per heavy atom. The smallest absolute Gasteiger partial charge is 0.343 e. The lowest BCUT2D eigenvalue weighted by atomic mass is 10.1. The first-order valence-corrected chi connectivity index (χ1v) is 10.9. The third-order valence-electron chi connectivity index (χ3n) is 5.55. The van der Waals surface area contributed by atoms with Gasteiger partial charge in [0, 0.05) is 30.7 Å². The molecule has 1 aliphatic rings. The molecule has 0 aromatic heterocycles. The number of non-ortho nitro benzene ring substituents is 1. The van der Waals surface area contributed by atoms with E-state index in [1.807, 2.05) is 0 Å². The second kappa shape index (κ2) is 10.6. The van der Waals surface area contributed by atoms with Gasteiger partial charge in [-0.25, -0.2) is 4.79 Å². The predicted octanol–water partition coefficient (Wildman–Crippen LogP) is 3.59. The zero-order chi connectivity index (χ0) is 25.7. The molecule has 36 heavy (non-hydrogen) atoms. The molecule has 0 saturated carbocycles. The summed E-state index contributed by atoms with van der Waals surface area (Å²) in [4.78, 5) is 61.1. The lowest BCUT2D eigenvalue weighted by Crippen LogP contribution is -2.27. The zero-order valence-corrected chi connectivity index (χ0v) is 18.9. The lowest BCUT2D eigenvalue weighted by Gasteiger charge is -2.16. The van der Waals surface area contributed by atoms with E-state index in [-0.39, 0.29) is 35.9 Å². The largest absolute Gasteiger partial charge is 0.457 e. The third kappa shape index (κ3) is 5.61. The van der Waals surface area contributed by atoms with Crippen molar-refractivity contribution < 1.29 is 33.6 Å². The topological polar surface area (TPSA) is 133 Å². The number of esters is 2. The van der Waals surface area contributed by atoms with Crippen LogP contribution in [-0.2, 0) is 14.3 Å². The number of hydrogen-bond donors (Lipinski definition) is 0. The van der Waals surface area contributed by atoms with Gasteiger partial charge in [-0.2, -0.15) is 0 Å². The maximum Gasteiger partial charge on any atom is 0.343 e. The van der Waals surface area contributed by atoms with E-state index in [1.165, 1.54) is 47.4 Å². The first-order valence-electron chi connectivity index (χ1n) is 10.9. The molecule has 0 aliphatic carbocycles. The van der Waals surface area contributed by atoms with Crippen molar-refractivity contribution in [2.24, 2.45) is 5.92 Å². The van der Waals surface area contributed by atoms with Crippen LogP contribution in [0.25, 0.3) is 0 Å². The van der Waals surface area contributed by atoms with Gasteiger partial charge < -0.3 is 14.4 Å². The van der Waals surface area contributed by atoms with Crippen LogP contribution in [0.5, 0.6) is 5.75 Å². The molecule has 10 heteroatoms. The van der Waals surface area contributed by atoms with E-state index >= 15 is 0 Å². The van der Waals surface area contributed by atoms with E-state index in [9.17, 15) is 29.3 Å². The summed E-state index contributed by atoms with van der Waals surface area (Å²) in [6.07, 6.45) is -0.128. The summed E-state index contributed by atoms with van der Waals surface area (Å²) in [5.74, 6) is -2.63. The monoisotopic (exact) mass is 488 g/mol. The summed E-state index contributed by atoms with van der Waals surface area (Å²) < 4.78 is 10.4. The molecular formula is C26H20N2O8. The van der Waals surface area contributed by atoms with Crippen LogP contribution in [0, 0.1) is 16.0 Å². The van der Waals surface area contributed by atoms with E-state index in [2.05, 4.69) is 0 Å². The number of nitro groups is 1. The maximum absolute atomic E-state index is 12.5. The molecule has 4 rings (SSSR count). The van der Waals surface area contributed by atoms with Gasteiger partial charge in [0.1, 0.15) is 5.75 Å². The first kappa shape index (κ1) is 24.3. The highest BCUT2D eigenvalue weighted by molar-refractivity contribution is 6.01. The molecule has 3 aromatic carbocycles. The summed E-state index contributed by atoms with van der Waals surface area (Å²) >= 11 is 0. The molecule has 1 atom stereocenters. The Labute approximate surface area is 205 Å². The number of hydrogen-bond acceptors (Lipinski definition) is 8. The quantitative estimate of drug-likeness (QED) is 0.154. The molecule has 1 amide bonds. The van der Waals surface area contributed by atoms with Gasteiger partial charge in [-0.1, -0.05) is 24.3 Å². The van der Waals surface area contributed by atoms with E-state index in [0.717, 1.165) is 0 Å². The van der Waals surface area contributed by atoms with Crippen LogP contribution in [0.15, 0.2) is 78.9 Å². The number of rotatable bonds is 8. The number of Topliss-reactive ketones (excluding diaryl/α,β-unsaturated/α-hetero) is 1. The van der Waals surface area contributed by atoms with Gasteiger partial charge in [0.25, 0.3) is 5.69 Å². The fourth-order valence-electron chi connectivity index (χ4n) is 3.68. The Balaban J connectivity index is 1.30. The van der Waals surface area contributed by atoms with Crippen molar-refractivity contribution in [3.63, 3.8) is 0 Å². The Bertz CT molecular complexity index is 1320. The highest BCUT2D eigenvalue weighted by atomic mass is 16.6. The standard InChI is InChI=1S/C26H20N2O8/c29-23(17-9-11-22(12-10-17)36-26(32)18-5-2-1-3-6-18)16-35-25(31)19-13-24(30)27(15-19)20-7-4-8-21(14-20)28(33)34/h1-12,14,19H,13,15-16H2/t19-/m1/s1. The number of nitro benzene ring substituents is 1. The highest BCUT2D eigenvalue weighted by Crippen LogP contribution is 2.28. The fraction of sp³-hybridized carbons (Fsp3) is 0.154. The molecule has 1 saturated heterocycles. The van der Waals surface area contributed by atoms with Gasteiger partial charge in [-0.05, 0) is 42.5 Å². The van der Waals surface area contributed by atoms with Gasteiger partial charge in [-0.15, -0.1) is 0 Å². The van der Waals surface area contributed by atoms with Gasteiger partial charge in [0.15, 0.2) is 12.4 Å². The molecule has 1 aliphatic heterocycles. The van der Waals surface area contributed by atoms with Gasteiger partial charge in [-0.3, -0.25) is 24.5 Å². The van der Waals surface area contributed by atoms with Crippen LogP contribution in [0.4, 0.5) is 11.4 Å². The number of benzene rings is 3. The number of amides is 1. The fourth-order valence-corrected chi connectivity index (χ4v) is 3.68. The van der Waals surface area contributed by atoms with Gasteiger partial charge >= 0.3 is 11.9 Å². The molecule has 0 spiro atoms. The second-order valence-electron chi connectivity index (χ2n) is 7.99. The Hall–Kier alpha value is -4.86. The number of carbonyl (C=O) groups excluding carboxylic acids is 4. The molecule has 1 fully saturated rings. The molecule has 3 aromatic rings. The van der Waals surface area contributed by atoms with E-state index < -0.39 is 35.2 Å².